The number of carbonyl (C=O) groups is 1. The van der Waals surface area contributed by atoms with Gasteiger partial charge in [0.1, 0.15) is 11.4 Å². The van der Waals surface area contributed by atoms with E-state index < -0.39 is 17.7 Å². The lowest BCUT2D eigenvalue weighted by atomic mass is 10.0. The van der Waals surface area contributed by atoms with Crippen LogP contribution >= 0.6 is 0 Å². The first-order valence-electron chi connectivity index (χ1n) is 6.78. The summed E-state index contributed by atoms with van der Waals surface area (Å²) in [7, 11) is 1.10. The van der Waals surface area contributed by atoms with Crippen LogP contribution in [0.2, 0.25) is 0 Å². The van der Waals surface area contributed by atoms with Gasteiger partial charge >= 0.3 is 12.1 Å². The molecule has 1 aromatic rings. The summed E-state index contributed by atoms with van der Waals surface area (Å²) in [5.41, 5.74) is -1.43. The van der Waals surface area contributed by atoms with Crippen LogP contribution in [0.5, 0.6) is 0 Å². The molecule has 0 radical (unpaired) electrons. The fourth-order valence-electron chi connectivity index (χ4n) is 2.18. The van der Waals surface area contributed by atoms with Gasteiger partial charge in [0.05, 0.1) is 19.3 Å². The normalized spacial score (nSPS) is 11.4. The van der Waals surface area contributed by atoms with Gasteiger partial charge in [0, 0.05) is 19.3 Å². The van der Waals surface area contributed by atoms with E-state index in [9.17, 15) is 18.0 Å². The van der Waals surface area contributed by atoms with E-state index >= 15 is 0 Å². The Morgan fingerprint density at radius 3 is 2.50 bits per heavy atom. The summed E-state index contributed by atoms with van der Waals surface area (Å²) < 4.78 is 43.5. The van der Waals surface area contributed by atoms with Crippen molar-refractivity contribution >= 4 is 11.8 Å². The summed E-state index contributed by atoms with van der Waals surface area (Å²) in [5, 5.41) is 9.10. The number of aromatic nitrogens is 1. The summed E-state index contributed by atoms with van der Waals surface area (Å²) in [6.07, 6.45) is -3.22. The molecule has 22 heavy (non-hydrogen) atoms. The van der Waals surface area contributed by atoms with Crippen LogP contribution in [0.25, 0.3) is 0 Å². The Bertz CT molecular complexity index is 527. The number of esters is 1. The summed E-state index contributed by atoms with van der Waals surface area (Å²) in [6, 6.07) is 0. The van der Waals surface area contributed by atoms with Crippen LogP contribution in [-0.2, 0) is 10.9 Å². The van der Waals surface area contributed by atoms with Crippen molar-refractivity contribution < 1.29 is 27.8 Å². The molecule has 0 saturated heterocycles. The predicted molar refractivity (Wildman–Crippen MR) is 74.9 cm³/mol. The Balaban J connectivity index is 3.51. The standard InChI is InChI=1S/C14H19F3N2O3/c1-4-5-19(6-7-20)12-11(13(21)22-3)9(2)10(8-18-12)14(15,16)17/h8,20H,4-7H2,1-3H3. The van der Waals surface area contributed by atoms with Crippen LogP contribution in [0.3, 0.4) is 0 Å². The summed E-state index contributed by atoms with van der Waals surface area (Å²) in [5.74, 6) is -0.793. The highest BCUT2D eigenvalue weighted by molar-refractivity contribution is 5.96. The molecule has 0 bridgehead atoms. The van der Waals surface area contributed by atoms with Crippen molar-refractivity contribution in [3.05, 3.63) is 22.9 Å². The first-order chi connectivity index (χ1) is 10.3. The van der Waals surface area contributed by atoms with Crippen molar-refractivity contribution in [3.63, 3.8) is 0 Å². The quantitative estimate of drug-likeness (QED) is 0.816. The fourth-order valence-corrected chi connectivity index (χ4v) is 2.18. The molecule has 0 atom stereocenters. The maximum atomic E-state index is 13.0. The van der Waals surface area contributed by atoms with Crippen molar-refractivity contribution in [2.24, 2.45) is 0 Å². The number of anilines is 1. The molecule has 8 heteroatoms. The molecule has 0 aliphatic carbocycles. The second kappa shape index (κ2) is 7.44. The molecule has 0 fully saturated rings. The second-order valence-electron chi connectivity index (χ2n) is 4.70. The minimum Gasteiger partial charge on any atom is -0.465 e. The monoisotopic (exact) mass is 320 g/mol. The fraction of sp³-hybridized carbons (Fsp3) is 0.571. The van der Waals surface area contributed by atoms with Crippen LogP contribution in [0, 0.1) is 6.92 Å². The molecule has 0 aliphatic rings. The Hall–Kier alpha value is -1.83. The number of hydrogen-bond acceptors (Lipinski definition) is 5. The number of hydrogen-bond donors (Lipinski definition) is 1. The van der Waals surface area contributed by atoms with E-state index in [1.54, 1.807) is 4.90 Å². The van der Waals surface area contributed by atoms with E-state index in [1.165, 1.54) is 6.92 Å². The average molecular weight is 320 g/mol. The van der Waals surface area contributed by atoms with Crippen molar-refractivity contribution in [3.8, 4) is 0 Å². The van der Waals surface area contributed by atoms with Gasteiger partial charge in [-0.1, -0.05) is 6.92 Å². The predicted octanol–water partition coefficient (Wildman–Crippen LogP) is 2.40. The third-order valence-corrected chi connectivity index (χ3v) is 3.18. The summed E-state index contributed by atoms with van der Waals surface area (Å²) in [4.78, 5) is 17.3. The third-order valence-electron chi connectivity index (χ3n) is 3.18. The molecule has 5 nitrogen and oxygen atoms in total. The van der Waals surface area contributed by atoms with Crippen molar-refractivity contribution in [1.29, 1.82) is 0 Å². The number of ether oxygens (including phenoxy) is 1. The number of carbonyl (C=O) groups excluding carboxylic acids is 1. The van der Waals surface area contributed by atoms with Crippen LogP contribution < -0.4 is 4.90 Å². The smallest absolute Gasteiger partial charge is 0.418 e. The van der Waals surface area contributed by atoms with Crippen molar-refractivity contribution in [1.82, 2.24) is 4.98 Å². The van der Waals surface area contributed by atoms with Crippen LogP contribution in [0.1, 0.15) is 34.8 Å². The van der Waals surface area contributed by atoms with Gasteiger partial charge in [-0.2, -0.15) is 13.2 Å². The van der Waals surface area contributed by atoms with E-state index in [1.807, 2.05) is 6.92 Å². The zero-order valence-corrected chi connectivity index (χ0v) is 12.7. The lowest BCUT2D eigenvalue weighted by Crippen LogP contribution is -2.31. The number of aliphatic hydroxyl groups excluding tert-OH is 1. The zero-order valence-electron chi connectivity index (χ0n) is 12.7. The number of rotatable bonds is 6. The highest BCUT2D eigenvalue weighted by Gasteiger charge is 2.36. The average Bonchev–Trinajstić information content (AvgIpc) is 2.44. The van der Waals surface area contributed by atoms with Gasteiger partial charge in [-0.25, -0.2) is 9.78 Å². The maximum absolute atomic E-state index is 13.0. The molecule has 0 unspecified atom stereocenters. The molecule has 0 aromatic carbocycles. The van der Waals surface area contributed by atoms with Gasteiger partial charge < -0.3 is 14.7 Å². The maximum Gasteiger partial charge on any atom is 0.418 e. The molecule has 1 N–H and O–H groups in total. The minimum absolute atomic E-state index is 0.0910. The van der Waals surface area contributed by atoms with Gasteiger partial charge in [0.15, 0.2) is 0 Å². The number of aliphatic hydroxyl groups is 1. The molecule has 124 valence electrons. The lowest BCUT2D eigenvalue weighted by molar-refractivity contribution is -0.138. The van der Waals surface area contributed by atoms with E-state index in [4.69, 9.17) is 5.11 Å². The lowest BCUT2D eigenvalue weighted by Gasteiger charge is -2.26. The molecular formula is C14H19F3N2O3. The third kappa shape index (κ3) is 3.88. The van der Waals surface area contributed by atoms with E-state index in [2.05, 4.69) is 9.72 Å². The molecule has 0 spiro atoms. The van der Waals surface area contributed by atoms with Gasteiger partial charge in [-0.05, 0) is 18.9 Å². The topological polar surface area (TPSA) is 62.7 Å². The second-order valence-corrected chi connectivity index (χ2v) is 4.70. The van der Waals surface area contributed by atoms with Crippen LogP contribution in [0.4, 0.5) is 19.0 Å². The Morgan fingerprint density at radius 2 is 2.05 bits per heavy atom. The first-order valence-corrected chi connectivity index (χ1v) is 6.78. The molecule has 0 aliphatic heterocycles. The molecule has 0 saturated carbocycles. The Morgan fingerprint density at radius 1 is 1.41 bits per heavy atom. The molecule has 1 rings (SSSR count). The summed E-state index contributed by atoms with van der Waals surface area (Å²) >= 11 is 0. The Labute approximate surface area is 126 Å². The largest absolute Gasteiger partial charge is 0.465 e. The highest BCUT2D eigenvalue weighted by Crippen LogP contribution is 2.35. The van der Waals surface area contributed by atoms with Gasteiger partial charge in [-0.3, -0.25) is 0 Å². The number of nitrogens with zero attached hydrogens (tertiary/aromatic N) is 2. The van der Waals surface area contributed by atoms with Crippen LogP contribution in [-0.4, -0.2) is 42.9 Å². The first kappa shape index (κ1) is 18.2. The van der Waals surface area contributed by atoms with Crippen LogP contribution in [0.15, 0.2) is 6.20 Å². The number of methoxy groups -OCH3 is 1. The molecule has 1 aromatic heterocycles. The van der Waals surface area contributed by atoms with Crippen molar-refractivity contribution in [2.45, 2.75) is 26.4 Å². The Kier molecular flexibility index (Phi) is 6.16. The minimum atomic E-state index is -4.61. The van der Waals surface area contributed by atoms with E-state index in [0.29, 0.717) is 19.2 Å². The molecule has 0 amide bonds. The SMILES string of the molecule is CCCN(CCO)c1ncc(C(F)(F)F)c(C)c1C(=O)OC. The van der Waals surface area contributed by atoms with Crippen molar-refractivity contribution in [2.75, 3.05) is 31.7 Å². The van der Waals surface area contributed by atoms with E-state index in [0.717, 1.165) is 7.11 Å². The number of alkyl halides is 3. The van der Waals surface area contributed by atoms with Gasteiger partial charge in [-0.15, -0.1) is 0 Å². The number of halogens is 3. The molecular weight excluding hydrogens is 301 g/mol. The highest BCUT2D eigenvalue weighted by atomic mass is 19.4. The number of pyridine rings is 1. The molecule has 1 heterocycles. The van der Waals surface area contributed by atoms with E-state index in [-0.39, 0.29) is 30.1 Å². The zero-order chi connectivity index (χ0) is 16.9. The van der Waals surface area contributed by atoms with Gasteiger partial charge in [0.2, 0.25) is 0 Å². The van der Waals surface area contributed by atoms with Gasteiger partial charge in [0.25, 0.3) is 0 Å². The summed E-state index contributed by atoms with van der Waals surface area (Å²) in [6.45, 7) is 3.49.